The lowest BCUT2D eigenvalue weighted by Gasteiger charge is -2.25. The standard InChI is InChI=1S/C14H12F4N2O3/c1-2-20(10-6-11(21)19-12(10)22)13(23)7-3-8(14(16,17)18)5-9(15)4-7/h3-5,10H,2,6H2,1H3,(H,19,21,22)/t10-/m0/s1. The highest BCUT2D eigenvalue weighted by Crippen LogP contribution is 2.31. The van der Waals surface area contributed by atoms with E-state index in [0.29, 0.717) is 12.1 Å². The van der Waals surface area contributed by atoms with E-state index in [-0.39, 0.29) is 19.0 Å². The monoisotopic (exact) mass is 332 g/mol. The second-order valence-corrected chi connectivity index (χ2v) is 4.95. The number of imide groups is 1. The molecule has 0 saturated carbocycles. The van der Waals surface area contributed by atoms with Crippen LogP contribution >= 0.6 is 0 Å². The number of carbonyl (C=O) groups is 3. The molecule has 1 aliphatic heterocycles. The van der Waals surface area contributed by atoms with Gasteiger partial charge in [-0.2, -0.15) is 13.2 Å². The van der Waals surface area contributed by atoms with Gasteiger partial charge >= 0.3 is 6.18 Å². The molecular formula is C14H12F4N2O3. The van der Waals surface area contributed by atoms with E-state index in [0.717, 1.165) is 4.90 Å². The lowest BCUT2D eigenvalue weighted by molar-refractivity contribution is -0.137. The number of nitrogens with one attached hydrogen (secondary N) is 1. The largest absolute Gasteiger partial charge is 0.416 e. The van der Waals surface area contributed by atoms with Crippen LogP contribution in [0.4, 0.5) is 17.6 Å². The Bertz CT molecular complexity index is 672. The summed E-state index contributed by atoms with van der Waals surface area (Å²) < 4.78 is 51.5. The number of benzene rings is 1. The minimum atomic E-state index is -4.81. The van der Waals surface area contributed by atoms with Crippen molar-refractivity contribution in [3.05, 3.63) is 35.1 Å². The molecule has 2 rings (SSSR count). The third-order valence-electron chi connectivity index (χ3n) is 3.39. The van der Waals surface area contributed by atoms with Crippen LogP contribution in [0.3, 0.4) is 0 Å². The van der Waals surface area contributed by atoms with Crippen molar-refractivity contribution in [1.29, 1.82) is 0 Å². The van der Waals surface area contributed by atoms with Crippen LogP contribution in [-0.4, -0.2) is 35.2 Å². The number of amides is 3. The zero-order chi connectivity index (χ0) is 17.4. The fraction of sp³-hybridized carbons (Fsp3) is 0.357. The van der Waals surface area contributed by atoms with Crippen molar-refractivity contribution in [2.24, 2.45) is 0 Å². The molecule has 0 radical (unpaired) electrons. The van der Waals surface area contributed by atoms with E-state index in [1.54, 1.807) is 0 Å². The van der Waals surface area contributed by atoms with Crippen molar-refractivity contribution in [2.45, 2.75) is 25.6 Å². The lowest BCUT2D eigenvalue weighted by atomic mass is 10.1. The van der Waals surface area contributed by atoms with Gasteiger partial charge in [0.2, 0.25) is 11.8 Å². The molecule has 0 unspecified atom stereocenters. The molecule has 1 aromatic rings. The van der Waals surface area contributed by atoms with Crippen molar-refractivity contribution in [1.82, 2.24) is 10.2 Å². The highest BCUT2D eigenvalue weighted by atomic mass is 19.4. The fourth-order valence-electron chi connectivity index (χ4n) is 2.34. The first kappa shape index (κ1) is 16.9. The third kappa shape index (κ3) is 3.49. The Hall–Kier alpha value is -2.45. The second kappa shape index (κ2) is 5.98. The molecule has 1 aromatic carbocycles. The Morgan fingerprint density at radius 3 is 2.43 bits per heavy atom. The van der Waals surface area contributed by atoms with Crippen molar-refractivity contribution < 1.29 is 31.9 Å². The maximum absolute atomic E-state index is 13.4. The van der Waals surface area contributed by atoms with Gasteiger partial charge in [0.15, 0.2) is 0 Å². The molecular weight excluding hydrogens is 320 g/mol. The summed E-state index contributed by atoms with van der Waals surface area (Å²) in [5.74, 6) is -3.46. The first-order valence-corrected chi connectivity index (χ1v) is 6.66. The van der Waals surface area contributed by atoms with Crippen LogP contribution in [0.25, 0.3) is 0 Å². The zero-order valence-corrected chi connectivity index (χ0v) is 11.9. The van der Waals surface area contributed by atoms with E-state index in [1.807, 2.05) is 5.32 Å². The first-order chi connectivity index (χ1) is 10.6. The maximum atomic E-state index is 13.4. The quantitative estimate of drug-likeness (QED) is 0.677. The van der Waals surface area contributed by atoms with Gasteiger partial charge in [0, 0.05) is 12.1 Å². The summed E-state index contributed by atoms with van der Waals surface area (Å²) in [7, 11) is 0. The second-order valence-electron chi connectivity index (χ2n) is 4.95. The van der Waals surface area contributed by atoms with Crippen molar-refractivity contribution >= 4 is 17.7 Å². The van der Waals surface area contributed by atoms with Crippen LogP contribution < -0.4 is 5.32 Å². The van der Waals surface area contributed by atoms with Crippen LogP contribution in [0.2, 0.25) is 0 Å². The van der Waals surface area contributed by atoms with Crippen LogP contribution in [0, 0.1) is 5.82 Å². The van der Waals surface area contributed by atoms with E-state index in [1.165, 1.54) is 6.92 Å². The Labute approximate surface area is 128 Å². The zero-order valence-electron chi connectivity index (χ0n) is 11.9. The molecule has 0 aromatic heterocycles. The molecule has 124 valence electrons. The van der Waals surface area contributed by atoms with E-state index >= 15 is 0 Å². The Kier molecular flexibility index (Phi) is 4.39. The summed E-state index contributed by atoms with van der Waals surface area (Å²) in [6.45, 7) is 1.47. The molecule has 5 nitrogen and oxygen atoms in total. The van der Waals surface area contributed by atoms with Gasteiger partial charge < -0.3 is 4.90 Å². The van der Waals surface area contributed by atoms with E-state index in [4.69, 9.17) is 0 Å². The molecule has 1 fully saturated rings. The Morgan fingerprint density at radius 1 is 1.30 bits per heavy atom. The average Bonchev–Trinajstić information content (AvgIpc) is 2.77. The minimum absolute atomic E-state index is 0.0257. The molecule has 1 atom stereocenters. The van der Waals surface area contributed by atoms with Crippen LogP contribution in [0.5, 0.6) is 0 Å². The van der Waals surface area contributed by atoms with Gasteiger partial charge in [0.05, 0.1) is 12.0 Å². The van der Waals surface area contributed by atoms with Gasteiger partial charge in [-0.3, -0.25) is 19.7 Å². The number of hydrogen-bond acceptors (Lipinski definition) is 3. The topological polar surface area (TPSA) is 66.5 Å². The number of nitrogens with zero attached hydrogens (tertiary/aromatic N) is 1. The molecule has 0 spiro atoms. The third-order valence-corrected chi connectivity index (χ3v) is 3.39. The van der Waals surface area contributed by atoms with Gasteiger partial charge in [-0.15, -0.1) is 0 Å². The molecule has 9 heteroatoms. The molecule has 1 aliphatic rings. The molecule has 1 N–H and O–H groups in total. The minimum Gasteiger partial charge on any atom is -0.326 e. The number of likely N-dealkylation sites (N-methyl/N-ethyl adjacent to an activating group) is 1. The molecule has 1 heterocycles. The van der Waals surface area contributed by atoms with Gasteiger partial charge in [0.25, 0.3) is 5.91 Å². The molecule has 0 aliphatic carbocycles. The summed E-state index contributed by atoms with van der Waals surface area (Å²) in [6.07, 6.45) is -5.09. The summed E-state index contributed by atoms with van der Waals surface area (Å²) in [6, 6.07) is 0.342. The van der Waals surface area contributed by atoms with E-state index < -0.39 is 46.9 Å². The van der Waals surface area contributed by atoms with Gasteiger partial charge in [-0.25, -0.2) is 4.39 Å². The molecule has 0 bridgehead atoms. The van der Waals surface area contributed by atoms with Crippen molar-refractivity contribution in [3.8, 4) is 0 Å². The van der Waals surface area contributed by atoms with Crippen LogP contribution in [-0.2, 0) is 15.8 Å². The first-order valence-electron chi connectivity index (χ1n) is 6.66. The Balaban J connectivity index is 2.37. The predicted octanol–water partition coefficient (Wildman–Crippen LogP) is 1.72. The molecule has 1 saturated heterocycles. The average molecular weight is 332 g/mol. The maximum Gasteiger partial charge on any atom is 0.416 e. The highest BCUT2D eigenvalue weighted by Gasteiger charge is 2.38. The Morgan fingerprint density at radius 2 is 1.96 bits per heavy atom. The van der Waals surface area contributed by atoms with Crippen molar-refractivity contribution in [2.75, 3.05) is 6.54 Å². The highest BCUT2D eigenvalue weighted by molar-refractivity contribution is 6.08. The predicted molar refractivity (Wildman–Crippen MR) is 69.7 cm³/mol. The van der Waals surface area contributed by atoms with Gasteiger partial charge in [-0.05, 0) is 25.1 Å². The molecule has 3 amide bonds. The van der Waals surface area contributed by atoms with E-state index in [9.17, 15) is 31.9 Å². The van der Waals surface area contributed by atoms with Gasteiger partial charge in [0.1, 0.15) is 11.9 Å². The summed E-state index contributed by atoms with van der Waals surface area (Å²) in [5.41, 5.74) is -1.84. The van der Waals surface area contributed by atoms with Gasteiger partial charge in [-0.1, -0.05) is 0 Å². The number of rotatable bonds is 3. The number of carbonyl (C=O) groups excluding carboxylic acids is 3. The molecule has 23 heavy (non-hydrogen) atoms. The smallest absolute Gasteiger partial charge is 0.326 e. The summed E-state index contributed by atoms with van der Waals surface area (Å²) >= 11 is 0. The lowest BCUT2D eigenvalue weighted by Crippen LogP contribution is -2.44. The fourth-order valence-corrected chi connectivity index (χ4v) is 2.34. The van der Waals surface area contributed by atoms with Crippen molar-refractivity contribution in [3.63, 3.8) is 0 Å². The SMILES string of the molecule is CCN(C(=O)c1cc(F)cc(C(F)(F)F)c1)[C@H]1CC(=O)NC1=O. The summed E-state index contributed by atoms with van der Waals surface area (Å²) in [5, 5.41) is 2.01. The van der Waals surface area contributed by atoms with Crippen LogP contribution in [0.15, 0.2) is 18.2 Å². The van der Waals surface area contributed by atoms with E-state index in [2.05, 4.69) is 0 Å². The number of halogens is 4. The number of alkyl halides is 3. The number of hydrogen-bond donors (Lipinski definition) is 1. The normalized spacial score (nSPS) is 18.0. The summed E-state index contributed by atoms with van der Waals surface area (Å²) in [4.78, 5) is 36.1. The van der Waals surface area contributed by atoms with Crippen LogP contribution in [0.1, 0.15) is 29.3 Å².